The van der Waals surface area contributed by atoms with Crippen LogP contribution in [0.25, 0.3) is 21.3 Å². The summed E-state index contributed by atoms with van der Waals surface area (Å²) in [5.41, 5.74) is 2.16. The molecule has 0 radical (unpaired) electrons. The summed E-state index contributed by atoms with van der Waals surface area (Å²) in [6.45, 7) is 1.85. The molecule has 0 bridgehead atoms. The largest absolute Gasteiger partial charge is 0.360 e. The topological polar surface area (TPSA) is 71.8 Å². The maximum atomic E-state index is 13.1. The monoisotopic (exact) mass is 373 g/mol. The number of hydrogen-bond acceptors (Lipinski definition) is 6. The lowest BCUT2D eigenvalue weighted by molar-refractivity contribution is 0.391. The number of halogens is 1. The van der Waals surface area contributed by atoms with Crippen molar-refractivity contribution in [3.63, 3.8) is 0 Å². The van der Waals surface area contributed by atoms with Crippen LogP contribution in [0.3, 0.4) is 0 Å². The van der Waals surface area contributed by atoms with Crippen LogP contribution in [0.5, 0.6) is 0 Å². The number of hydrogen-bond donors (Lipinski definition) is 1. The van der Waals surface area contributed by atoms with E-state index in [0.29, 0.717) is 21.1 Å². The molecule has 8 heteroatoms. The van der Waals surface area contributed by atoms with E-state index in [1.54, 1.807) is 12.1 Å². The fourth-order valence-electron chi connectivity index (χ4n) is 2.46. The molecule has 1 aromatic carbocycles. The summed E-state index contributed by atoms with van der Waals surface area (Å²) >= 11 is 2.77. The maximum Gasteiger partial charge on any atom is 0.260 e. The van der Waals surface area contributed by atoms with E-state index in [2.05, 4.69) is 15.1 Å². The fraction of sp³-hybridized carbons (Fsp3) is 0.118. The number of aromatic nitrogens is 3. The quantitative estimate of drug-likeness (QED) is 0.425. The molecule has 3 aromatic heterocycles. The molecule has 0 aliphatic rings. The lowest BCUT2D eigenvalue weighted by atomic mass is 10.1. The number of aryl methyl sites for hydroxylation is 1. The number of benzene rings is 1. The molecule has 4 rings (SSSR count). The first-order chi connectivity index (χ1) is 12.1. The summed E-state index contributed by atoms with van der Waals surface area (Å²) in [6, 6.07) is 7.92. The van der Waals surface area contributed by atoms with Crippen molar-refractivity contribution in [2.24, 2.45) is 0 Å². The van der Waals surface area contributed by atoms with E-state index in [1.807, 2.05) is 18.4 Å². The fourth-order valence-corrected chi connectivity index (χ4v) is 4.20. The molecule has 5 nitrogen and oxygen atoms in total. The van der Waals surface area contributed by atoms with Crippen molar-refractivity contribution in [3.8, 4) is 11.1 Å². The highest BCUT2D eigenvalue weighted by molar-refractivity contribution is 7.98. The number of nitrogens with zero attached hydrogens (tertiary/aromatic N) is 2. The van der Waals surface area contributed by atoms with Gasteiger partial charge in [0.1, 0.15) is 16.4 Å². The van der Waals surface area contributed by atoms with E-state index in [0.717, 1.165) is 22.6 Å². The molecule has 0 unspecified atom stereocenters. The summed E-state index contributed by atoms with van der Waals surface area (Å²) in [7, 11) is 0. The van der Waals surface area contributed by atoms with Crippen molar-refractivity contribution in [3.05, 3.63) is 63.3 Å². The number of thioether (sulfide) groups is 1. The van der Waals surface area contributed by atoms with Gasteiger partial charge in [0.25, 0.3) is 5.56 Å². The molecule has 4 aromatic rings. The van der Waals surface area contributed by atoms with Crippen LogP contribution in [-0.2, 0) is 5.75 Å². The van der Waals surface area contributed by atoms with Gasteiger partial charge in [-0.05, 0) is 24.6 Å². The molecule has 0 saturated heterocycles. The minimum absolute atomic E-state index is 0.207. The third-order valence-electron chi connectivity index (χ3n) is 3.61. The van der Waals surface area contributed by atoms with Crippen LogP contribution in [0.1, 0.15) is 11.5 Å². The smallest absolute Gasteiger partial charge is 0.260 e. The Balaban J connectivity index is 1.67. The van der Waals surface area contributed by atoms with Crippen LogP contribution in [0.2, 0.25) is 0 Å². The number of rotatable bonds is 4. The lowest BCUT2D eigenvalue weighted by Crippen LogP contribution is -2.08. The molecule has 25 heavy (non-hydrogen) atoms. The first kappa shape index (κ1) is 16.0. The summed E-state index contributed by atoms with van der Waals surface area (Å²) in [5.74, 6) is 0.950. The van der Waals surface area contributed by atoms with Crippen molar-refractivity contribution in [1.82, 2.24) is 15.1 Å². The molecule has 126 valence electrons. The molecule has 0 amide bonds. The highest BCUT2D eigenvalue weighted by Crippen LogP contribution is 2.32. The average Bonchev–Trinajstić information content (AvgIpc) is 3.20. The van der Waals surface area contributed by atoms with E-state index >= 15 is 0 Å². The van der Waals surface area contributed by atoms with Gasteiger partial charge in [0.15, 0.2) is 5.16 Å². The van der Waals surface area contributed by atoms with E-state index in [1.165, 1.54) is 35.2 Å². The number of thiophene rings is 1. The Labute approximate surface area is 149 Å². The number of nitrogens with one attached hydrogen (secondary N) is 1. The molecular weight excluding hydrogens is 361 g/mol. The minimum atomic E-state index is -0.309. The molecule has 0 saturated carbocycles. The molecule has 1 N–H and O–H groups in total. The number of aromatic amines is 1. The maximum absolute atomic E-state index is 13.1. The van der Waals surface area contributed by atoms with Crippen LogP contribution in [-0.4, -0.2) is 15.1 Å². The Bertz CT molecular complexity index is 1100. The van der Waals surface area contributed by atoms with Crippen LogP contribution in [0.4, 0.5) is 4.39 Å². The van der Waals surface area contributed by atoms with Crippen LogP contribution < -0.4 is 5.56 Å². The van der Waals surface area contributed by atoms with E-state index in [4.69, 9.17) is 4.52 Å². The zero-order valence-corrected chi connectivity index (χ0v) is 14.7. The standard InChI is InChI=1S/C17H12FN3O2S2/c1-9-6-12(23-21-9)7-25-17-19-15(22)14-13(8-24-16(14)20-17)10-2-4-11(18)5-3-10/h2-6,8H,7H2,1H3,(H,19,20,22). The van der Waals surface area contributed by atoms with Gasteiger partial charge in [0.05, 0.1) is 16.8 Å². The lowest BCUT2D eigenvalue weighted by Gasteiger charge is -2.01. The second kappa shape index (κ2) is 6.45. The van der Waals surface area contributed by atoms with Crippen LogP contribution in [0.15, 0.2) is 50.2 Å². The van der Waals surface area contributed by atoms with Gasteiger partial charge in [-0.3, -0.25) is 4.79 Å². The number of fused-ring (bicyclic) bond motifs is 1. The Morgan fingerprint density at radius 2 is 2.12 bits per heavy atom. The van der Waals surface area contributed by atoms with Crippen molar-refractivity contribution < 1.29 is 8.91 Å². The highest BCUT2D eigenvalue weighted by atomic mass is 32.2. The Kier molecular flexibility index (Phi) is 4.14. The molecule has 0 spiro atoms. The van der Waals surface area contributed by atoms with Gasteiger partial charge < -0.3 is 9.51 Å². The predicted molar refractivity (Wildman–Crippen MR) is 96.4 cm³/mol. The molecule has 0 aliphatic carbocycles. The Hall–Kier alpha value is -2.45. The van der Waals surface area contributed by atoms with Gasteiger partial charge in [0.2, 0.25) is 0 Å². The second-order valence-electron chi connectivity index (χ2n) is 5.43. The minimum Gasteiger partial charge on any atom is -0.360 e. The van der Waals surface area contributed by atoms with Crippen LogP contribution in [0, 0.1) is 12.7 Å². The summed E-state index contributed by atoms with van der Waals surface area (Å²) in [5, 5.41) is 6.76. The van der Waals surface area contributed by atoms with Gasteiger partial charge >= 0.3 is 0 Å². The van der Waals surface area contributed by atoms with Crippen LogP contribution >= 0.6 is 23.1 Å². The van der Waals surface area contributed by atoms with Crippen molar-refractivity contribution in [2.45, 2.75) is 17.8 Å². The summed E-state index contributed by atoms with van der Waals surface area (Å²) in [6.07, 6.45) is 0. The van der Waals surface area contributed by atoms with Gasteiger partial charge in [0, 0.05) is 17.0 Å². The molecule has 0 fully saturated rings. The summed E-state index contributed by atoms with van der Waals surface area (Å²) < 4.78 is 18.3. The van der Waals surface area contributed by atoms with Gasteiger partial charge in [-0.2, -0.15) is 0 Å². The van der Waals surface area contributed by atoms with Crippen molar-refractivity contribution in [1.29, 1.82) is 0 Å². The van der Waals surface area contributed by atoms with E-state index in [-0.39, 0.29) is 11.4 Å². The average molecular weight is 373 g/mol. The SMILES string of the molecule is Cc1cc(CSc2nc3scc(-c4ccc(F)cc4)c3c(=O)[nH]2)on1. The third-order valence-corrected chi connectivity index (χ3v) is 5.37. The number of H-pyrrole nitrogens is 1. The molecule has 0 aliphatic heterocycles. The first-order valence-corrected chi connectivity index (χ1v) is 9.29. The first-order valence-electron chi connectivity index (χ1n) is 7.42. The second-order valence-corrected chi connectivity index (χ2v) is 7.25. The van der Waals surface area contributed by atoms with Gasteiger partial charge in [-0.15, -0.1) is 11.3 Å². The summed E-state index contributed by atoms with van der Waals surface area (Å²) in [4.78, 5) is 20.5. The molecule has 0 atom stereocenters. The van der Waals surface area contributed by atoms with E-state index < -0.39 is 0 Å². The molecular formula is C17H12FN3O2S2. The third kappa shape index (κ3) is 3.22. The Morgan fingerprint density at radius 1 is 1.32 bits per heavy atom. The zero-order valence-electron chi connectivity index (χ0n) is 13.1. The van der Waals surface area contributed by atoms with Gasteiger partial charge in [-0.25, -0.2) is 9.37 Å². The van der Waals surface area contributed by atoms with Crippen molar-refractivity contribution >= 4 is 33.3 Å². The Morgan fingerprint density at radius 3 is 2.84 bits per heavy atom. The normalized spacial score (nSPS) is 11.3. The predicted octanol–water partition coefficient (Wildman–Crippen LogP) is 4.38. The van der Waals surface area contributed by atoms with E-state index in [9.17, 15) is 9.18 Å². The van der Waals surface area contributed by atoms with Crippen molar-refractivity contribution in [2.75, 3.05) is 0 Å². The van der Waals surface area contributed by atoms with Gasteiger partial charge in [-0.1, -0.05) is 29.1 Å². The molecule has 3 heterocycles. The zero-order chi connectivity index (χ0) is 17.4. The highest BCUT2D eigenvalue weighted by Gasteiger charge is 2.14.